The van der Waals surface area contributed by atoms with Crippen molar-refractivity contribution in [3.05, 3.63) is 62.4 Å². The number of fused-ring (bicyclic) bond motifs is 5. The fourth-order valence-electron chi connectivity index (χ4n) is 5.01. The molecular weight excluding hydrogens is 430 g/mol. The summed E-state index contributed by atoms with van der Waals surface area (Å²) in [5.41, 5.74) is 3.78. The molecule has 2 aliphatic rings. The van der Waals surface area contributed by atoms with E-state index in [1.807, 2.05) is 37.2 Å². The molecule has 5 rings (SSSR count). The third kappa shape index (κ3) is 3.17. The van der Waals surface area contributed by atoms with E-state index in [2.05, 4.69) is 18.8 Å². The standard InChI is InChI=1S/C27H27N3O4/c1-5-17-18-14-30-22(13-20-19(25(30)31)15-34-26(32)27(20,33)6-2)24(18)28-21-11-7-9-16(23(17)21)10-8-12-29(3)4/h7,9,11,13,33H,5-6,12,14-15H2,1-4H3/t27-/m0/s1. The lowest BCUT2D eigenvalue weighted by Crippen LogP contribution is -2.44. The van der Waals surface area contributed by atoms with Crippen molar-refractivity contribution in [1.29, 1.82) is 0 Å². The number of hydrogen-bond donors (Lipinski definition) is 1. The van der Waals surface area contributed by atoms with Crippen LogP contribution in [0.25, 0.3) is 22.3 Å². The maximum Gasteiger partial charge on any atom is 0.343 e. The average molecular weight is 458 g/mol. The van der Waals surface area contributed by atoms with Crippen molar-refractivity contribution in [3.8, 4) is 23.2 Å². The average Bonchev–Trinajstić information content (AvgIpc) is 3.19. The van der Waals surface area contributed by atoms with Gasteiger partial charge in [-0.05, 0) is 50.7 Å². The minimum Gasteiger partial charge on any atom is -0.458 e. The molecule has 0 saturated heterocycles. The van der Waals surface area contributed by atoms with Gasteiger partial charge in [-0.15, -0.1) is 0 Å². The number of cyclic esters (lactones) is 1. The van der Waals surface area contributed by atoms with Crippen LogP contribution in [-0.2, 0) is 34.7 Å². The summed E-state index contributed by atoms with van der Waals surface area (Å²) in [5.74, 6) is 5.80. The number of aromatic nitrogens is 2. The smallest absolute Gasteiger partial charge is 0.343 e. The molecule has 0 fully saturated rings. The molecule has 4 heterocycles. The third-order valence-electron chi connectivity index (χ3n) is 6.80. The lowest BCUT2D eigenvalue weighted by molar-refractivity contribution is -0.172. The van der Waals surface area contributed by atoms with E-state index < -0.39 is 11.6 Å². The maximum absolute atomic E-state index is 13.5. The minimum atomic E-state index is -1.83. The fraction of sp³-hybridized carbons (Fsp3) is 0.370. The molecule has 0 saturated carbocycles. The molecule has 1 aromatic carbocycles. The van der Waals surface area contributed by atoms with Crippen molar-refractivity contribution >= 4 is 16.9 Å². The number of nitrogens with zero attached hydrogens (tertiary/aromatic N) is 3. The quantitative estimate of drug-likeness (QED) is 0.376. The van der Waals surface area contributed by atoms with Gasteiger partial charge in [0, 0.05) is 22.1 Å². The van der Waals surface area contributed by atoms with Crippen LogP contribution in [0.4, 0.5) is 0 Å². The van der Waals surface area contributed by atoms with Crippen LogP contribution in [-0.4, -0.2) is 46.2 Å². The molecule has 7 nitrogen and oxygen atoms in total. The first kappa shape index (κ1) is 22.3. The van der Waals surface area contributed by atoms with Crippen molar-refractivity contribution < 1.29 is 14.6 Å². The maximum atomic E-state index is 13.5. The topological polar surface area (TPSA) is 84.7 Å². The summed E-state index contributed by atoms with van der Waals surface area (Å²) in [7, 11) is 3.97. The highest BCUT2D eigenvalue weighted by Gasteiger charge is 2.45. The predicted molar refractivity (Wildman–Crippen MR) is 129 cm³/mol. The van der Waals surface area contributed by atoms with E-state index in [0.29, 0.717) is 29.9 Å². The first-order chi connectivity index (χ1) is 16.3. The minimum absolute atomic E-state index is 0.120. The highest BCUT2D eigenvalue weighted by Crippen LogP contribution is 2.40. The number of rotatable bonds is 3. The molecule has 174 valence electrons. The number of ether oxygens (including phenoxy) is 1. The zero-order valence-corrected chi connectivity index (χ0v) is 19.9. The number of esters is 1. The number of hydrogen-bond acceptors (Lipinski definition) is 6. The Labute approximate surface area is 198 Å². The Morgan fingerprint density at radius 3 is 2.74 bits per heavy atom. The van der Waals surface area contributed by atoms with E-state index in [9.17, 15) is 14.7 Å². The Hall–Kier alpha value is -3.47. The Bertz CT molecular complexity index is 1480. The van der Waals surface area contributed by atoms with Crippen LogP contribution >= 0.6 is 0 Å². The molecule has 0 spiro atoms. The molecule has 0 amide bonds. The Morgan fingerprint density at radius 2 is 2.03 bits per heavy atom. The summed E-state index contributed by atoms with van der Waals surface area (Å²) in [5, 5.41) is 12.1. The van der Waals surface area contributed by atoms with Crippen LogP contribution in [0.2, 0.25) is 0 Å². The molecule has 1 N–H and O–H groups in total. The summed E-state index contributed by atoms with van der Waals surface area (Å²) in [6, 6.07) is 7.67. The molecule has 0 aliphatic carbocycles. The molecule has 34 heavy (non-hydrogen) atoms. The van der Waals surface area contributed by atoms with Crippen LogP contribution < -0.4 is 5.56 Å². The van der Waals surface area contributed by atoms with Crippen LogP contribution in [0.1, 0.15) is 48.1 Å². The molecule has 0 bridgehead atoms. The molecule has 7 heteroatoms. The molecule has 1 atom stereocenters. The second kappa shape index (κ2) is 8.08. The highest BCUT2D eigenvalue weighted by molar-refractivity contribution is 5.93. The highest BCUT2D eigenvalue weighted by atomic mass is 16.6. The van der Waals surface area contributed by atoms with Gasteiger partial charge in [-0.3, -0.25) is 9.69 Å². The molecule has 3 aromatic rings. The van der Waals surface area contributed by atoms with Crippen LogP contribution in [0, 0.1) is 11.8 Å². The normalized spacial score (nSPS) is 18.2. The SMILES string of the molecule is CCc1c2c(nc3cccc(C#CCN(C)C)c13)-c1cc3c(c(=O)n1C2)COC(=O)[C@]3(O)CC. The van der Waals surface area contributed by atoms with Crippen molar-refractivity contribution in [1.82, 2.24) is 14.5 Å². The van der Waals surface area contributed by atoms with Gasteiger partial charge in [0.05, 0.1) is 35.6 Å². The van der Waals surface area contributed by atoms with Crippen molar-refractivity contribution in [2.75, 3.05) is 20.6 Å². The van der Waals surface area contributed by atoms with Gasteiger partial charge in [0.2, 0.25) is 0 Å². The van der Waals surface area contributed by atoms with E-state index in [1.54, 1.807) is 17.6 Å². The lowest BCUT2D eigenvalue weighted by atomic mass is 9.86. The zero-order chi connectivity index (χ0) is 24.2. The van der Waals surface area contributed by atoms with E-state index >= 15 is 0 Å². The Morgan fingerprint density at radius 1 is 1.24 bits per heavy atom. The van der Waals surface area contributed by atoms with Crippen molar-refractivity contribution in [2.45, 2.75) is 45.4 Å². The second-order valence-electron chi connectivity index (χ2n) is 9.11. The van der Waals surface area contributed by atoms with Crippen molar-refractivity contribution in [3.63, 3.8) is 0 Å². The number of carbonyl (C=O) groups is 1. The van der Waals surface area contributed by atoms with Gasteiger partial charge in [0.15, 0.2) is 5.60 Å². The summed E-state index contributed by atoms with van der Waals surface area (Å²) < 4.78 is 6.85. The van der Waals surface area contributed by atoms with Gasteiger partial charge in [-0.2, -0.15) is 0 Å². The van der Waals surface area contributed by atoms with Gasteiger partial charge in [0.25, 0.3) is 5.56 Å². The molecular formula is C27H27N3O4. The molecule has 0 unspecified atom stereocenters. The van der Waals surface area contributed by atoms with E-state index in [4.69, 9.17) is 9.72 Å². The first-order valence-electron chi connectivity index (χ1n) is 11.5. The van der Waals surface area contributed by atoms with E-state index in [1.165, 1.54) is 0 Å². The molecule has 2 aliphatic heterocycles. The third-order valence-corrected chi connectivity index (χ3v) is 6.80. The van der Waals surface area contributed by atoms with E-state index in [-0.39, 0.29) is 18.6 Å². The summed E-state index contributed by atoms with van der Waals surface area (Å²) >= 11 is 0. The summed E-state index contributed by atoms with van der Waals surface area (Å²) in [6.07, 6.45) is 0.881. The van der Waals surface area contributed by atoms with Gasteiger partial charge in [0.1, 0.15) is 6.61 Å². The number of benzene rings is 1. The number of aryl methyl sites for hydroxylation is 1. The number of pyridine rings is 2. The van der Waals surface area contributed by atoms with Gasteiger partial charge >= 0.3 is 5.97 Å². The zero-order valence-electron chi connectivity index (χ0n) is 19.9. The summed E-state index contributed by atoms with van der Waals surface area (Å²) in [4.78, 5) is 32.8. The largest absolute Gasteiger partial charge is 0.458 e. The van der Waals surface area contributed by atoms with Crippen LogP contribution in [0.3, 0.4) is 0 Å². The Balaban J connectivity index is 1.76. The van der Waals surface area contributed by atoms with Crippen LogP contribution in [0.15, 0.2) is 29.1 Å². The second-order valence-corrected chi connectivity index (χ2v) is 9.11. The Kier molecular flexibility index (Phi) is 5.31. The predicted octanol–water partition coefficient (Wildman–Crippen LogP) is 2.56. The summed E-state index contributed by atoms with van der Waals surface area (Å²) in [6.45, 7) is 4.71. The van der Waals surface area contributed by atoms with Crippen molar-refractivity contribution in [2.24, 2.45) is 0 Å². The van der Waals surface area contributed by atoms with E-state index in [0.717, 1.165) is 39.7 Å². The van der Waals surface area contributed by atoms with Gasteiger partial charge < -0.3 is 14.4 Å². The lowest BCUT2D eigenvalue weighted by Gasteiger charge is -2.31. The number of carbonyl (C=O) groups excluding carboxylic acids is 1. The first-order valence-corrected chi connectivity index (χ1v) is 11.5. The fourth-order valence-corrected chi connectivity index (χ4v) is 5.01. The van der Waals surface area contributed by atoms with Crippen LogP contribution in [0.5, 0.6) is 0 Å². The monoisotopic (exact) mass is 457 g/mol. The molecule has 2 aromatic heterocycles. The van der Waals surface area contributed by atoms with Gasteiger partial charge in [-0.25, -0.2) is 9.78 Å². The number of aliphatic hydroxyl groups is 1. The molecule has 0 radical (unpaired) electrons. The van der Waals surface area contributed by atoms with Gasteiger partial charge in [-0.1, -0.05) is 31.8 Å².